The molecule has 7 heteroatoms. The third kappa shape index (κ3) is 8.06. The monoisotopic (exact) mass is 527 g/mol. The number of guanidine groups is 1. The van der Waals surface area contributed by atoms with Gasteiger partial charge in [0.15, 0.2) is 5.96 Å². The van der Waals surface area contributed by atoms with Gasteiger partial charge >= 0.3 is 0 Å². The molecule has 1 aromatic rings. The average molecular weight is 527 g/mol. The Kier molecular flexibility index (Phi) is 11.5. The quantitative estimate of drug-likeness (QED) is 0.200. The number of hydrogen-bond acceptors (Lipinski definition) is 3. The number of carbonyl (C=O) groups is 1. The number of aliphatic imine (C=N–C) groups is 1. The first-order chi connectivity index (χ1) is 14.3. The van der Waals surface area contributed by atoms with Gasteiger partial charge in [-0.2, -0.15) is 0 Å². The molecule has 1 saturated carbocycles. The van der Waals surface area contributed by atoms with Crippen molar-refractivity contribution in [3.8, 4) is 0 Å². The van der Waals surface area contributed by atoms with Gasteiger partial charge < -0.3 is 16.0 Å². The first-order valence-electron chi connectivity index (χ1n) is 11.3. The lowest BCUT2D eigenvalue weighted by Gasteiger charge is -2.29. The van der Waals surface area contributed by atoms with Crippen LogP contribution in [0.4, 0.5) is 0 Å². The van der Waals surface area contributed by atoms with Gasteiger partial charge in [-0.15, -0.1) is 24.0 Å². The molecule has 6 nitrogen and oxygen atoms in total. The molecule has 2 aliphatic rings. The van der Waals surface area contributed by atoms with Crippen molar-refractivity contribution in [2.75, 3.05) is 39.8 Å². The predicted molar refractivity (Wildman–Crippen MR) is 134 cm³/mol. The average Bonchev–Trinajstić information content (AvgIpc) is 3.45. The molecule has 0 spiro atoms. The van der Waals surface area contributed by atoms with Gasteiger partial charge in [0.2, 0.25) is 5.91 Å². The van der Waals surface area contributed by atoms with Gasteiger partial charge in [-0.25, -0.2) is 0 Å². The number of benzene rings is 1. The fraction of sp³-hybridized carbons (Fsp3) is 0.652. The van der Waals surface area contributed by atoms with Crippen LogP contribution in [0.15, 0.2) is 35.3 Å². The smallest absolute Gasteiger partial charge is 0.220 e. The molecule has 0 radical (unpaired) electrons. The van der Waals surface area contributed by atoms with E-state index in [9.17, 15) is 4.79 Å². The van der Waals surface area contributed by atoms with Crippen LogP contribution in [-0.2, 0) is 4.79 Å². The van der Waals surface area contributed by atoms with Crippen LogP contribution in [0.2, 0.25) is 0 Å². The molecule has 1 aromatic carbocycles. The first-order valence-corrected chi connectivity index (χ1v) is 11.3. The molecule has 1 atom stereocenters. The van der Waals surface area contributed by atoms with Crippen molar-refractivity contribution in [1.82, 2.24) is 20.9 Å². The van der Waals surface area contributed by atoms with Gasteiger partial charge in [0, 0.05) is 33.1 Å². The van der Waals surface area contributed by atoms with E-state index in [1.54, 1.807) is 7.05 Å². The molecular formula is C23H38IN5O. The largest absolute Gasteiger partial charge is 0.355 e. The summed E-state index contributed by atoms with van der Waals surface area (Å²) in [5.74, 6) is 1.56. The van der Waals surface area contributed by atoms with Crippen molar-refractivity contribution < 1.29 is 4.79 Å². The van der Waals surface area contributed by atoms with Crippen LogP contribution in [-0.4, -0.2) is 56.5 Å². The van der Waals surface area contributed by atoms with Crippen molar-refractivity contribution >= 4 is 35.8 Å². The molecule has 1 aliphatic carbocycles. The Balaban J connectivity index is 0.00000320. The van der Waals surface area contributed by atoms with Gasteiger partial charge in [-0.05, 0) is 50.3 Å². The fourth-order valence-corrected chi connectivity index (χ4v) is 4.53. The number of amides is 1. The van der Waals surface area contributed by atoms with Crippen molar-refractivity contribution in [2.45, 2.75) is 51.0 Å². The van der Waals surface area contributed by atoms with Gasteiger partial charge in [-0.1, -0.05) is 43.2 Å². The molecule has 1 amide bonds. The lowest BCUT2D eigenvalue weighted by Crippen LogP contribution is -2.44. The Morgan fingerprint density at radius 1 is 1.03 bits per heavy atom. The van der Waals surface area contributed by atoms with E-state index in [2.05, 4.69) is 56.2 Å². The summed E-state index contributed by atoms with van der Waals surface area (Å²) >= 11 is 0. The van der Waals surface area contributed by atoms with Crippen molar-refractivity contribution in [2.24, 2.45) is 10.9 Å². The number of rotatable bonds is 9. The predicted octanol–water partition coefficient (Wildman–Crippen LogP) is 3.30. The van der Waals surface area contributed by atoms with Crippen molar-refractivity contribution in [3.63, 3.8) is 0 Å². The number of hydrogen-bond donors (Lipinski definition) is 3. The van der Waals surface area contributed by atoms with Crippen LogP contribution in [0.1, 0.15) is 56.6 Å². The molecule has 1 unspecified atom stereocenters. The third-order valence-corrected chi connectivity index (χ3v) is 6.14. The number of likely N-dealkylation sites (tertiary alicyclic amines) is 1. The molecule has 0 aromatic heterocycles. The summed E-state index contributed by atoms with van der Waals surface area (Å²) in [5.41, 5.74) is 1.34. The number of nitrogens with zero attached hydrogens (tertiary/aromatic N) is 2. The van der Waals surface area contributed by atoms with Crippen LogP contribution in [0, 0.1) is 5.92 Å². The number of halogens is 1. The second kappa shape index (κ2) is 13.9. The molecule has 3 rings (SSSR count). The van der Waals surface area contributed by atoms with Crippen molar-refractivity contribution in [1.29, 1.82) is 0 Å². The fourth-order valence-electron chi connectivity index (χ4n) is 4.53. The second-order valence-electron chi connectivity index (χ2n) is 8.25. The molecule has 168 valence electrons. The number of carbonyl (C=O) groups excluding carboxylic acids is 1. The highest BCUT2D eigenvalue weighted by molar-refractivity contribution is 14.0. The zero-order chi connectivity index (χ0) is 20.3. The van der Waals surface area contributed by atoms with Gasteiger partial charge in [-0.3, -0.25) is 14.7 Å². The molecule has 3 N–H and O–H groups in total. The van der Waals surface area contributed by atoms with E-state index in [-0.39, 0.29) is 29.9 Å². The van der Waals surface area contributed by atoms with Crippen molar-refractivity contribution in [3.05, 3.63) is 35.9 Å². The van der Waals surface area contributed by atoms with E-state index >= 15 is 0 Å². The highest BCUT2D eigenvalue weighted by Gasteiger charge is 2.23. The molecule has 0 bridgehead atoms. The summed E-state index contributed by atoms with van der Waals surface area (Å²) in [6.45, 7) is 4.43. The topological polar surface area (TPSA) is 68.8 Å². The summed E-state index contributed by atoms with van der Waals surface area (Å²) in [5, 5.41) is 9.83. The summed E-state index contributed by atoms with van der Waals surface area (Å²) in [4.78, 5) is 18.9. The molecule has 30 heavy (non-hydrogen) atoms. The second-order valence-corrected chi connectivity index (χ2v) is 8.25. The Labute approximate surface area is 198 Å². The maximum atomic E-state index is 12.0. The maximum Gasteiger partial charge on any atom is 0.220 e. The normalized spacial score (nSPS) is 18.6. The summed E-state index contributed by atoms with van der Waals surface area (Å²) in [6.07, 6.45) is 8.21. The van der Waals surface area contributed by atoms with E-state index in [1.807, 2.05) is 0 Å². The molecule has 1 saturated heterocycles. The zero-order valence-electron chi connectivity index (χ0n) is 18.2. The highest BCUT2D eigenvalue weighted by atomic mass is 127. The van der Waals surface area contributed by atoms with Crippen LogP contribution in [0.25, 0.3) is 0 Å². The number of nitrogens with one attached hydrogen (secondary N) is 3. The van der Waals surface area contributed by atoms with Gasteiger partial charge in [0.1, 0.15) is 0 Å². The molecule has 2 fully saturated rings. The Morgan fingerprint density at radius 2 is 1.70 bits per heavy atom. The van der Waals surface area contributed by atoms with E-state index in [1.165, 1.54) is 44.1 Å². The summed E-state index contributed by atoms with van der Waals surface area (Å²) < 4.78 is 0. The lowest BCUT2D eigenvalue weighted by molar-refractivity contribution is -0.121. The van der Waals surface area contributed by atoms with E-state index in [0.717, 1.165) is 25.6 Å². The summed E-state index contributed by atoms with van der Waals surface area (Å²) in [6, 6.07) is 11.1. The molecule has 1 aliphatic heterocycles. The minimum Gasteiger partial charge on any atom is -0.355 e. The SMILES string of the molecule is CN=C(NCCNC(=O)CC1CCCC1)NCC(c1ccccc1)N1CCCC1.I. The lowest BCUT2D eigenvalue weighted by atomic mass is 10.0. The Morgan fingerprint density at radius 3 is 2.37 bits per heavy atom. The maximum absolute atomic E-state index is 12.0. The minimum absolute atomic E-state index is 0. The molecule has 1 heterocycles. The Bertz CT molecular complexity index is 642. The standard InChI is InChI=1S/C23H37N5O.HI/c1-24-23(26-14-13-25-22(29)17-19-9-5-6-10-19)27-18-21(28-15-7-8-16-28)20-11-3-2-4-12-20;/h2-4,11-12,19,21H,5-10,13-18H2,1H3,(H,25,29)(H2,24,26,27);1H. The first kappa shape index (κ1) is 24.9. The third-order valence-electron chi connectivity index (χ3n) is 6.14. The van der Waals surface area contributed by atoms with Crippen LogP contribution in [0.5, 0.6) is 0 Å². The minimum atomic E-state index is 0. The van der Waals surface area contributed by atoms with E-state index < -0.39 is 0 Å². The van der Waals surface area contributed by atoms with Gasteiger partial charge in [0.05, 0.1) is 6.04 Å². The van der Waals surface area contributed by atoms with E-state index in [4.69, 9.17) is 0 Å². The molecular weight excluding hydrogens is 489 g/mol. The van der Waals surface area contributed by atoms with E-state index in [0.29, 0.717) is 31.5 Å². The van der Waals surface area contributed by atoms with Crippen LogP contribution >= 0.6 is 24.0 Å². The van der Waals surface area contributed by atoms with Gasteiger partial charge in [0.25, 0.3) is 0 Å². The Hall–Kier alpha value is -1.35. The van der Waals surface area contributed by atoms with Crippen LogP contribution < -0.4 is 16.0 Å². The highest BCUT2D eigenvalue weighted by Crippen LogP contribution is 2.27. The van der Waals surface area contributed by atoms with Crippen LogP contribution in [0.3, 0.4) is 0 Å². The summed E-state index contributed by atoms with van der Waals surface area (Å²) in [7, 11) is 1.79. The zero-order valence-corrected chi connectivity index (χ0v) is 20.6.